The highest BCUT2D eigenvalue weighted by Crippen LogP contribution is 2.29. The molecule has 1 fully saturated rings. The molecule has 3 rings (SSSR count). The summed E-state index contributed by atoms with van der Waals surface area (Å²) in [7, 11) is 1.49. The first-order valence-electron chi connectivity index (χ1n) is 9.15. The van der Waals surface area contributed by atoms with E-state index in [0.29, 0.717) is 32.0 Å². The van der Waals surface area contributed by atoms with E-state index in [-0.39, 0.29) is 23.6 Å². The third-order valence-electron chi connectivity index (χ3n) is 4.78. The fourth-order valence-corrected chi connectivity index (χ4v) is 3.06. The monoisotopic (exact) mass is 423 g/mol. The number of carbonyl (C=O) groups excluding carboxylic acids is 2. The molecule has 2 amide bonds. The normalized spacial score (nSPS) is 14.5. The lowest BCUT2D eigenvalue weighted by molar-refractivity contribution is -0.137. The number of nitrogens with one attached hydrogen (secondary N) is 1. The van der Waals surface area contributed by atoms with Crippen LogP contribution in [0.4, 0.5) is 19.0 Å². The molecule has 0 spiro atoms. The second-order valence-electron chi connectivity index (χ2n) is 6.87. The van der Waals surface area contributed by atoms with Gasteiger partial charge in [0.1, 0.15) is 5.82 Å². The number of hydrogen-bond acceptors (Lipinski definition) is 5. The van der Waals surface area contributed by atoms with Crippen LogP contribution in [0.25, 0.3) is 0 Å². The second kappa shape index (κ2) is 8.56. The average molecular weight is 423 g/mol. The summed E-state index contributed by atoms with van der Waals surface area (Å²) in [6.07, 6.45) is -2.35. The molecule has 0 aromatic carbocycles. The molecule has 0 atom stereocenters. The minimum absolute atomic E-state index is 0.128. The standard InChI is InChI=1S/C19H20F3N5O3/c1-25(18(30)13-2-5-16(28)24-10-13)12-17(29)27-8-6-26(7-9-27)15-4-3-14(11-23-15)19(20,21)22/h2-5,10-11H,6-9,12H2,1H3,(H,24,28). The number of H-pyrrole nitrogens is 1. The summed E-state index contributed by atoms with van der Waals surface area (Å²) in [5.74, 6) is -0.219. The Bertz CT molecular complexity index is 946. The maximum Gasteiger partial charge on any atom is 0.417 e. The van der Waals surface area contributed by atoms with E-state index in [2.05, 4.69) is 9.97 Å². The fraction of sp³-hybridized carbons (Fsp3) is 0.368. The maximum absolute atomic E-state index is 12.6. The van der Waals surface area contributed by atoms with Crippen molar-refractivity contribution in [3.05, 3.63) is 58.1 Å². The molecule has 0 aliphatic carbocycles. The molecule has 30 heavy (non-hydrogen) atoms. The van der Waals surface area contributed by atoms with Gasteiger partial charge in [0.05, 0.1) is 17.7 Å². The lowest BCUT2D eigenvalue weighted by Crippen LogP contribution is -2.51. The van der Waals surface area contributed by atoms with Crippen molar-refractivity contribution in [1.29, 1.82) is 0 Å². The number of likely N-dealkylation sites (N-methyl/N-ethyl adjacent to an activating group) is 1. The molecule has 0 bridgehead atoms. The zero-order valence-electron chi connectivity index (χ0n) is 16.1. The quantitative estimate of drug-likeness (QED) is 0.799. The highest BCUT2D eigenvalue weighted by molar-refractivity contribution is 5.96. The predicted octanol–water partition coefficient (Wildman–Crippen LogP) is 1.21. The first-order chi connectivity index (χ1) is 14.1. The number of alkyl halides is 3. The van der Waals surface area contributed by atoms with E-state index in [1.165, 1.54) is 36.3 Å². The second-order valence-corrected chi connectivity index (χ2v) is 6.87. The van der Waals surface area contributed by atoms with E-state index in [1.807, 2.05) is 0 Å². The van der Waals surface area contributed by atoms with Crippen LogP contribution in [0.2, 0.25) is 0 Å². The molecule has 160 valence electrons. The third-order valence-corrected chi connectivity index (χ3v) is 4.78. The highest BCUT2D eigenvalue weighted by Gasteiger charge is 2.31. The van der Waals surface area contributed by atoms with Gasteiger partial charge in [-0.3, -0.25) is 14.4 Å². The molecular formula is C19H20F3N5O3. The van der Waals surface area contributed by atoms with Crippen molar-refractivity contribution in [1.82, 2.24) is 19.8 Å². The van der Waals surface area contributed by atoms with Crippen LogP contribution in [0, 0.1) is 0 Å². The average Bonchev–Trinajstić information content (AvgIpc) is 2.73. The number of pyridine rings is 2. The van der Waals surface area contributed by atoms with Gasteiger partial charge < -0.3 is 19.7 Å². The Kier molecular flexibility index (Phi) is 6.09. The van der Waals surface area contributed by atoms with Crippen LogP contribution in [0.3, 0.4) is 0 Å². The molecule has 1 N–H and O–H groups in total. The molecule has 8 nitrogen and oxygen atoms in total. The summed E-state index contributed by atoms with van der Waals surface area (Å²) in [5, 5.41) is 0. The van der Waals surface area contributed by atoms with Gasteiger partial charge in [0.15, 0.2) is 0 Å². The smallest absolute Gasteiger partial charge is 0.353 e. The largest absolute Gasteiger partial charge is 0.417 e. The molecule has 1 aliphatic heterocycles. The summed E-state index contributed by atoms with van der Waals surface area (Å²) < 4.78 is 37.9. The Morgan fingerprint density at radius 2 is 1.83 bits per heavy atom. The Hall–Kier alpha value is -3.37. The number of piperazine rings is 1. The molecule has 11 heteroatoms. The van der Waals surface area contributed by atoms with Crippen LogP contribution in [-0.2, 0) is 11.0 Å². The van der Waals surface area contributed by atoms with Gasteiger partial charge in [-0.15, -0.1) is 0 Å². The topological polar surface area (TPSA) is 89.6 Å². The molecule has 0 unspecified atom stereocenters. The summed E-state index contributed by atoms with van der Waals surface area (Å²) in [6.45, 7) is 1.43. The number of aromatic amines is 1. The van der Waals surface area contributed by atoms with Gasteiger partial charge in [0.2, 0.25) is 11.5 Å². The summed E-state index contributed by atoms with van der Waals surface area (Å²) in [6, 6.07) is 4.92. The SMILES string of the molecule is CN(CC(=O)N1CCN(c2ccc(C(F)(F)F)cn2)CC1)C(=O)c1ccc(=O)[nH]c1. The number of rotatable bonds is 4. The van der Waals surface area contributed by atoms with Gasteiger partial charge in [-0.05, 0) is 18.2 Å². The summed E-state index contributed by atoms with van der Waals surface area (Å²) in [4.78, 5) is 46.9. The number of carbonyl (C=O) groups is 2. The molecule has 3 heterocycles. The van der Waals surface area contributed by atoms with E-state index < -0.39 is 17.6 Å². The first kappa shape index (κ1) is 21.3. The minimum Gasteiger partial charge on any atom is -0.353 e. The lowest BCUT2D eigenvalue weighted by atomic mass is 10.2. The van der Waals surface area contributed by atoms with E-state index in [0.717, 1.165) is 12.3 Å². The maximum atomic E-state index is 12.6. The minimum atomic E-state index is -4.44. The van der Waals surface area contributed by atoms with Crippen LogP contribution in [0.1, 0.15) is 15.9 Å². The zero-order valence-corrected chi connectivity index (χ0v) is 16.1. The van der Waals surface area contributed by atoms with Gasteiger partial charge in [0.25, 0.3) is 5.91 Å². The van der Waals surface area contributed by atoms with Crippen LogP contribution in [0.5, 0.6) is 0 Å². The number of aromatic nitrogens is 2. The Morgan fingerprint density at radius 3 is 2.37 bits per heavy atom. The predicted molar refractivity (Wildman–Crippen MR) is 102 cm³/mol. The van der Waals surface area contributed by atoms with E-state index in [1.54, 1.807) is 9.80 Å². The van der Waals surface area contributed by atoms with Crippen molar-refractivity contribution in [3.63, 3.8) is 0 Å². The van der Waals surface area contributed by atoms with E-state index in [9.17, 15) is 27.6 Å². The lowest BCUT2D eigenvalue weighted by Gasteiger charge is -2.36. The van der Waals surface area contributed by atoms with Crippen LogP contribution in [0.15, 0.2) is 41.5 Å². The van der Waals surface area contributed by atoms with E-state index in [4.69, 9.17) is 0 Å². The molecular weight excluding hydrogens is 403 g/mol. The number of halogens is 3. The summed E-state index contributed by atoms with van der Waals surface area (Å²) >= 11 is 0. The summed E-state index contributed by atoms with van der Waals surface area (Å²) in [5.41, 5.74) is -0.871. The number of anilines is 1. The third kappa shape index (κ3) is 4.97. The van der Waals surface area contributed by atoms with Gasteiger partial charge >= 0.3 is 6.18 Å². The molecule has 2 aromatic heterocycles. The number of nitrogens with zero attached hydrogens (tertiary/aromatic N) is 4. The number of hydrogen-bond donors (Lipinski definition) is 1. The Balaban J connectivity index is 1.53. The molecule has 0 radical (unpaired) electrons. The van der Waals surface area contributed by atoms with Crippen molar-refractivity contribution < 1.29 is 22.8 Å². The van der Waals surface area contributed by atoms with Crippen LogP contribution < -0.4 is 10.5 Å². The van der Waals surface area contributed by atoms with Crippen molar-refractivity contribution in [2.24, 2.45) is 0 Å². The first-order valence-corrected chi connectivity index (χ1v) is 9.15. The molecule has 2 aromatic rings. The Morgan fingerprint density at radius 1 is 1.13 bits per heavy atom. The molecule has 1 saturated heterocycles. The molecule has 0 saturated carbocycles. The molecule has 1 aliphatic rings. The van der Waals surface area contributed by atoms with Crippen molar-refractivity contribution in [3.8, 4) is 0 Å². The van der Waals surface area contributed by atoms with Gasteiger partial charge in [-0.2, -0.15) is 13.2 Å². The zero-order chi connectivity index (χ0) is 21.9. The highest BCUT2D eigenvalue weighted by atomic mass is 19.4. The van der Waals surface area contributed by atoms with Gasteiger partial charge in [0, 0.05) is 51.7 Å². The van der Waals surface area contributed by atoms with Crippen LogP contribution in [-0.4, -0.2) is 71.4 Å². The Labute approximate surface area is 169 Å². The van der Waals surface area contributed by atoms with Crippen molar-refractivity contribution >= 4 is 17.6 Å². The van der Waals surface area contributed by atoms with Crippen molar-refractivity contribution in [2.45, 2.75) is 6.18 Å². The van der Waals surface area contributed by atoms with Crippen molar-refractivity contribution in [2.75, 3.05) is 44.7 Å². The van der Waals surface area contributed by atoms with Gasteiger partial charge in [-0.1, -0.05) is 0 Å². The van der Waals surface area contributed by atoms with Gasteiger partial charge in [-0.25, -0.2) is 4.98 Å². The number of amides is 2. The fourth-order valence-electron chi connectivity index (χ4n) is 3.06. The van der Waals surface area contributed by atoms with E-state index >= 15 is 0 Å². The van der Waals surface area contributed by atoms with Crippen LogP contribution >= 0.6 is 0 Å².